The van der Waals surface area contributed by atoms with E-state index in [1.54, 1.807) is 11.1 Å². The number of morpholine rings is 1. The number of hydrogen-bond donors (Lipinski definition) is 2. The van der Waals surface area contributed by atoms with Crippen molar-refractivity contribution in [1.82, 2.24) is 9.84 Å². The molecule has 1 aromatic carbocycles. The monoisotopic (exact) mass is 287 g/mol. The maximum atomic E-state index is 12.3. The highest BCUT2D eigenvalue weighted by Crippen LogP contribution is 2.25. The number of ether oxygens (including phenoxy) is 2. The van der Waals surface area contributed by atoms with Crippen LogP contribution >= 0.6 is 0 Å². The summed E-state index contributed by atoms with van der Waals surface area (Å²) in [6.45, 7) is 2.00. The molecule has 1 aromatic rings. The molecule has 0 aliphatic carbocycles. The second-order valence-corrected chi connectivity index (χ2v) is 5.73. The van der Waals surface area contributed by atoms with Crippen LogP contribution in [-0.4, -0.2) is 46.8 Å². The van der Waals surface area contributed by atoms with Gasteiger partial charge in [-0.1, -0.05) is 0 Å². The van der Waals surface area contributed by atoms with E-state index in [1.165, 1.54) is 19.2 Å². The van der Waals surface area contributed by atoms with Gasteiger partial charge in [0.2, 0.25) is 0 Å². The molecule has 19 heavy (non-hydrogen) atoms. The summed E-state index contributed by atoms with van der Waals surface area (Å²) in [6.07, 6.45) is 0. The molecule has 8 heteroatoms. The maximum absolute atomic E-state index is 12.3. The van der Waals surface area contributed by atoms with E-state index in [9.17, 15) is 8.42 Å². The van der Waals surface area contributed by atoms with Crippen molar-refractivity contribution in [2.24, 2.45) is 0 Å². The van der Waals surface area contributed by atoms with Gasteiger partial charge < -0.3 is 15.2 Å². The van der Waals surface area contributed by atoms with Crippen LogP contribution in [0, 0.1) is 0 Å². The number of benzene rings is 1. The molecule has 0 bridgehead atoms. The lowest BCUT2D eigenvalue weighted by Gasteiger charge is -2.27. The SMILES string of the molecule is COc1ccc(N)cc1S(=O)(=O)NN1CCOCC1. The van der Waals surface area contributed by atoms with E-state index >= 15 is 0 Å². The van der Waals surface area contributed by atoms with Crippen molar-refractivity contribution in [2.45, 2.75) is 4.90 Å². The molecule has 0 aromatic heterocycles. The average molecular weight is 287 g/mol. The number of methoxy groups -OCH3 is 1. The van der Waals surface area contributed by atoms with Gasteiger partial charge in [0, 0.05) is 18.8 Å². The van der Waals surface area contributed by atoms with Gasteiger partial charge in [0.1, 0.15) is 10.6 Å². The Labute approximate surface area is 112 Å². The predicted molar refractivity (Wildman–Crippen MR) is 70.1 cm³/mol. The summed E-state index contributed by atoms with van der Waals surface area (Å²) in [6, 6.07) is 4.50. The van der Waals surface area contributed by atoms with Crippen LogP contribution in [0.3, 0.4) is 0 Å². The van der Waals surface area contributed by atoms with Gasteiger partial charge in [0.25, 0.3) is 10.0 Å². The number of nitrogen functional groups attached to an aromatic ring is 1. The van der Waals surface area contributed by atoms with Crippen molar-refractivity contribution in [1.29, 1.82) is 0 Å². The maximum Gasteiger partial charge on any atom is 0.257 e. The van der Waals surface area contributed by atoms with Gasteiger partial charge in [0.05, 0.1) is 20.3 Å². The topological polar surface area (TPSA) is 93.9 Å². The Morgan fingerprint density at radius 3 is 2.68 bits per heavy atom. The van der Waals surface area contributed by atoms with Crippen molar-refractivity contribution in [3.05, 3.63) is 18.2 Å². The second-order valence-electron chi connectivity index (χ2n) is 4.10. The highest BCUT2D eigenvalue weighted by molar-refractivity contribution is 7.89. The molecule has 1 aliphatic heterocycles. The van der Waals surface area contributed by atoms with Gasteiger partial charge in [-0.15, -0.1) is 4.83 Å². The van der Waals surface area contributed by atoms with Crippen LogP contribution in [-0.2, 0) is 14.8 Å². The molecule has 0 atom stereocenters. The summed E-state index contributed by atoms with van der Waals surface area (Å²) in [7, 11) is -2.29. The molecule has 0 saturated carbocycles. The van der Waals surface area contributed by atoms with Crippen molar-refractivity contribution in [3.8, 4) is 5.75 Å². The summed E-state index contributed by atoms with van der Waals surface area (Å²) in [5, 5.41) is 1.60. The van der Waals surface area contributed by atoms with Crippen LogP contribution in [0.15, 0.2) is 23.1 Å². The Bertz CT molecular complexity index is 541. The van der Waals surface area contributed by atoms with E-state index in [1.807, 2.05) is 0 Å². The molecule has 1 saturated heterocycles. The molecular weight excluding hydrogens is 270 g/mol. The number of nitrogens with two attached hydrogens (primary N) is 1. The predicted octanol–water partition coefficient (Wildman–Crippen LogP) is -0.197. The van der Waals surface area contributed by atoms with Crippen molar-refractivity contribution in [3.63, 3.8) is 0 Å². The molecule has 0 amide bonds. The zero-order valence-electron chi connectivity index (χ0n) is 10.6. The fourth-order valence-electron chi connectivity index (χ4n) is 1.78. The zero-order valence-corrected chi connectivity index (χ0v) is 11.4. The largest absolute Gasteiger partial charge is 0.495 e. The summed E-state index contributed by atoms with van der Waals surface area (Å²) >= 11 is 0. The number of hydrazine groups is 1. The molecule has 7 nitrogen and oxygen atoms in total. The lowest BCUT2D eigenvalue weighted by Crippen LogP contribution is -2.48. The Hall–Kier alpha value is -1.35. The van der Waals surface area contributed by atoms with Crippen LogP contribution in [0.2, 0.25) is 0 Å². The van der Waals surface area contributed by atoms with Gasteiger partial charge in [0.15, 0.2) is 0 Å². The van der Waals surface area contributed by atoms with Gasteiger partial charge in [-0.3, -0.25) is 0 Å². The molecule has 106 valence electrons. The molecule has 0 radical (unpaired) electrons. The minimum absolute atomic E-state index is 0.0292. The fourth-order valence-corrected chi connectivity index (χ4v) is 3.11. The van der Waals surface area contributed by atoms with Crippen molar-refractivity contribution < 1.29 is 17.9 Å². The van der Waals surface area contributed by atoms with Crippen LogP contribution in [0.5, 0.6) is 5.75 Å². The van der Waals surface area contributed by atoms with Gasteiger partial charge in [-0.25, -0.2) is 13.4 Å². The van der Waals surface area contributed by atoms with Crippen molar-refractivity contribution in [2.75, 3.05) is 39.1 Å². The minimum atomic E-state index is -3.71. The molecular formula is C11H17N3O4S. The van der Waals surface area contributed by atoms with E-state index in [2.05, 4.69) is 4.83 Å². The third kappa shape index (κ3) is 3.35. The molecule has 0 unspecified atom stereocenters. The number of hydrogen-bond acceptors (Lipinski definition) is 6. The molecule has 1 heterocycles. The van der Waals surface area contributed by atoms with Crippen LogP contribution in [0.1, 0.15) is 0 Å². The molecule has 1 aliphatic rings. The third-order valence-corrected chi connectivity index (χ3v) is 4.13. The van der Waals surface area contributed by atoms with E-state index in [-0.39, 0.29) is 10.6 Å². The standard InChI is InChI=1S/C11H17N3O4S/c1-17-10-3-2-9(12)8-11(10)19(15,16)13-14-4-6-18-7-5-14/h2-3,8,13H,4-7,12H2,1H3. The Morgan fingerprint density at radius 2 is 2.05 bits per heavy atom. The Kier molecular flexibility index (Phi) is 4.25. The summed E-state index contributed by atoms with van der Waals surface area (Å²) in [4.78, 5) is 2.53. The Balaban J connectivity index is 2.25. The summed E-state index contributed by atoms with van der Waals surface area (Å²) in [5.74, 6) is 0.259. The average Bonchev–Trinajstić information content (AvgIpc) is 2.39. The van der Waals surface area contributed by atoms with Gasteiger partial charge >= 0.3 is 0 Å². The second kappa shape index (κ2) is 5.74. The first kappa shape index (κ1) is 14.1. The van der Waals surface area contributed by atoms with Gasteiger partial charge in [-0.05, 0) is 18.2 Å². The smallest absolute Gasteiger partial charge is 0.257 e. The van der Waals surface area contributed by atoms with E-state index in [4.69, 9.17) is 15.2 Å². The quantitative estimate of drug-likeness (QED) is 0.745. The number of nitrogens with zero attached hydrogens (tertiary/aromatic N) is 1. The number of nitrogens with one attached hydrogen (secondary N) is 1. The van der Waals surface area contributed by atoms with E-state index in [0.29, 0.717) is 32.0 Å². The first-order chi connectivity index (χ1) is 9.03. The van der Waals surface area contributed by atoms with Crippen LogP contribution < -0.4 is 15.3 Å². The highest BCUT2D eigenvalue weighted by Gasteiger charge is 2.23. The first-order valence-electron chi connectivity index (χ1n) is 5.81. The summed E-state index contributed by atoms with van der Waals surface area (Å²) in [5.41, 5.74) is 5.99. The fraction of sp³-hybridized carbons (Fsp3) is 0.455. The summed E-state index contributed by atoms with van der Waals surface area (Å²) < 4.78 is 34.8. The highest BCUT2D eigenvalue weighted by atomic mass is 32.2. The first-order valence-corrected chi connectivity index (χ1v) is 7.30. The minimum Gasteiger partial charge on any atom is -0.495 e. The van der Waals surface area contributed by atoms with Gasteiger partial charge in [-0.2, -0.15) is 0 Å². The third-order valence-electron chi connectivity index (χ3n) is 2.74. The molecule has 1 fully saturated rings. The van der Waals surface area contributed by atoms with Crippen LogP contribution in [0.25, 0.3) is 0 Å². The normalized spacial score (nSPS) is 17.3. The number of sulfonamides is 1. The molecule has 0 spiro atoms. The Morgan fingerprint density at radius 1 is 1.37 bits per heavy atom. The zero-order chi connectivity index (χ0) is 13.9. The lowest BCUT2D eigenvalue weighted by molar-refractivity contribution is 0.0272. The number of rotatable bonds is 4. The lowest BCUT2D eigenvalue weighted by atomic mass is 10.3. The molecule has 2 rings (SSSR count). The van der Waals surface area contributed by atoms with E-state index < -0.39 is 10.0 Å². The van der Waals surface area contributed by atoms with E-state index in [0.717, 1.165) is 0 Å². The van der Waals surface area contributed by atoms with Crippen LogP contribution in [0.4, 0.5) is 5.69 Å². The molecule has 3 N–H and O–H groups in total. The van der Waals surface area contributed by atoms with Crippen molar-refractivity contribution >= 4 is 15.7 Å². The number of anilines is 1.